The zero-order chi connectivity index (χ0) is 24.4. The number of pyridine rings is 1. The first-order valence-corrected chi connectivity index (χ1v) is 10.9. The number of halogens is 4. The highest BCUT2D eigenvalue weighted by Gasteiger charge is 2.82. The van der Waals surface area contributed by atoms with E-state index >= 15 is 8.78 Å². The first-order valence-electron chi connectivity index (χ1n) is 10.9. The van der Waals surface area contributed by atoms with Gasteiger partial charge < -0.3 is 9.84 Å². The molecule has 2 bridgehead atoms. The number of alkyl halides is 2. The van der Waals surface area contributed by atoms with Crippen LogP contribution in [0, 0.1) is 17.0 Å². The third-order valence-corrected chi connectivity index (χ3v) is 7.08. The van der Waals surface area contributed by atoms with E-state index in [1.165, 1.54) is 0 Å². The van der Waals surface area contributed by atoms with Crippen molar-refractivity contribution in [2.75, 3.05) is 0 Å². The highest BCUT2D eigenvalue weighted by atomic mass is 19.3. The number of aromatic nitrogens is 5. The van der Waals surface area contributed by atoms with Crippen molar-refractivity contribution in [3.63, 3.8) is 0 Å². The van der Waals surface area contributed by atoms with Crippen molar-refractivity contribution in [3.8, 4) is 5.88 Å². The molecule has 3 aliphatic carbocycles. The molecule has 0 spiro atoms. The van der Waals surface area contributed by atoms with E-state index in [1.807, 2.05) is 19.9 Å². The van der Waals surface area contributed by atoms with Gasteiger partial charge in [0.05, 0.1) is 12.6 Å². The first-order chi connectivity index (χ1) is 16.0. The molecule has 180 valence electrons. The van der Waals surface area contributed by atoms with Crippen LogP contribution in [-0.4, -0.2) is 42.3 Å². The molecule has 3 aliphatic rings. The van der Waals surface area contributed by atoms with Gasteiger partial charge in [-0.2, -0.15) is 0 Å². The van der Waals surface area contributed by atoms with E-state index in [-0.39, 0.29) is 25.4 Å². The molecule has 0 unspecified atom stereocenters. The maximum absolute atomic E-state index is 16.2. The van der Waals surface area contributed by atoms with Gasteiger partial charge >= 0.3 is 0 Å². The summed E-state index contributed by atoms with van der Waals surface area (Å²) >= 11 is 0. The van der Waals surface area contributed by atoms with Gasteiger partial charge in [-0.05, 0) is 66.6 Å². The lowest BCUT2D eigenvalue weighted by molar-refractivity contribution is -0.347. The van der Waals surface area contributed by atoms with Crippen LogP contribution in [0.15, 0.2) is 42.9 Å². The minimum absolute atomic E-state index is 0.0417. The first kappa shape index (κ1) is 22.7. The Balaban J connectivity index is 1.44. The summed E-state index contributed by atoms with van der Waals surface area (Å²) < 4.78 is 67.0. The zero-order valence-electron chi connectivity index (χ0n) is 18.6. The summed E-state index contributed by atoms with van der Waals surface area (Å²) in [6.07, 6.45) is 2.93. The minimum Gasteiger partial charge on any atom is -0.475 e. The second-order valence-electron chi connectivity index (χ2n) is 9.71. The van der Waals surface area contributed by atoms with Crippen LogP contribution in [0.25, 0.3) is 0 Å². The number of rotatable bonds is 8. The van der Waals surface area contributed by atoms with Crippen LogP contribution in [0.2, 0.25) is 0 Å². The summed E-state index contributed by atoms with van der Waals surface area (Å²) in [5.74, 6) is -5.51. The van der Waals surface area contributed by atoms with Crippen molar-refractivity contribution in [1.82, 2.24) is 25.2 Å². The number of aliphatic hydroxyl groups is 1. The fraction of sp³-hybridized carbons (Fsp3) is 0.478. The molecule has 1 aromatic carbocycles. The largest absolute Gasteiger partial charge is 0.475 e. The Bertz CT molecular complexity index is 1180. The zero-order valence-corrected chi connectivity index (χ0v) is 18.6. The van der Waals surface area contributed by atoms with Crippen molar-refractivity contribution < 1.29 is 27.4 Å². The molecule has 7 nitrogen and oxygen atoms in total. The molecule has 1 atom stereocenters. The fourth-order valence-electron chi connectivity index (χ4n) is 5.54. The summed E-state index contributed by atoms with van der Waals surface area (Å²) in [5.41, 5.74) is -4.92. The van der Waals surface area contributed by atoms with Crippen LogP contribution >= 0.6 is 0 Å². The lowest BCUT2D eigenvalue weighted by Crippen LogP contribution is -2.76. The van der Waals surface area contributed by atoms with Gasteiger partial charge in [0.15, 0.2) is 5.60 Å². The normalized spacial score (nSPS) is 25.4. The Morgan fingerprint density at radius 2 is 1.88 bits per heavy atom. The minimum atomic E-state index is -3.76. The maximum atomic E-state index is 16.2. The van der Waals surface area contributed by atoms with Gasteiger partial charge in [-0.15, -0.1) is 5.10 Å². The van der Waals surface area contributed by atoms with Crippen LogP contribution in [-0.2, 0) is 17.6 Å². The standard InChI is InChI=1S/C23H23F4N5O2/c1-14(2)34-19-6-3-15(8-28-19)20-9-21(10-20,11-20)23(26,27)22(33,12-32-13-29-30-31-32)17-5-4-16(24)7-18(17)25/h3-8,13-14,33H,9-12H2,1-2H3/t20?,21?,22-/m1/s1. The van der Waals surface area contributed by atoms with Crippen molar-refractivity contribution in [1.29, 1.82) is 0 Å². The summed E-state index contributed by atoms with van der Waals surface area (Å²) in [6, 6.07) is 5.70. The quantitative estimate of drug-likeness (QED) is 0.497. The van der Waals surface area contributed by atoms with E-state index in [2.05, 4.69) is 20.5 Å². The van der Waals surface area contributed by atoms with E-state index in [1.54, 1.807) is 12.3 Å². The Labute approximate surface area is 192 Å². The summed E-state index contributed by atoms with van der Waals surface area (Å²) in [4.78, 5) is 4.27. The molecule has 1 N–H and O–H groups in total. The second kappa shape index (κ2) is 7.46. The van der Waals surface area contributed by atoms with Crippen molar-refractivity contribution in [2.24, 2.45) is 5.41 Å². The fourth-order valence-corrected chi connectivity index (χ4v) is 5.54. The predicted molar refractivity (Wildman–Crippen MR) is 111 cm³/mol. The van der Waals surface area contributed by atoms with E-state index < -0.39 is 46.1 Å². The molecule has 6 rings (SSSR count). The van der Waals surface area contributed by atoms with Crippen molar-refractivity contribution in [3.05, 3.63) is 65.6 Å². The summed E-state index contributed by atoms with van der Waals surface area (Å²) in [6.45, 7) is 2.96. The van der Waals surface area contributed by atoms with Crippen LogP contribution < -0.4 is 4.74 Å². The molecule has 3 fully saturated rings. The number of ether oxygens (including phenoxy) is 1. The molecule has 0 saturated heterocycles. The average Bonchev–Trinajstić information content (AvgIpc) is 3.19. The SMILES string of the molecule is CC(C)Oc1ccc(C23CC(C(F)(F)[C@@](O)(Cn4cnnn4)c4ccc(F)cc4F)(C2)C3)cn1. The Morgan fingerprint density at radius 3 is 2.44 bits per heavy atom. The Morgan fingerprint density at radius 1 is 1.15 bits per heavy atom. The predicted octanol–water partition coefficient (Wildman–Crippen LogP) is 3.78. The molecule has 0 aliphatic heterocycles. The number of nitrogens with zero attached hydrogens (tertiary/aromatic N) is 5. The van der Waals surface area contributed by atoms with Crippen LogP contribution in [0.3, 0.4) is 0 Å². The van der Waals surface area contributed by atoms with Crippen molar-refractivity contribution in [2.45, 2.75) is 62.7 Å². The van der Waals surface area contributed by atoms with Gasteiger partial charge in [0.2, 0.25) is 5.88 Å². The highest BCUT2D eigenvalue weighted by molar-refractivity contribution is 5.42. The number of hydrogen-bond donors (Lipinski definition) is 1. The van der Waals surface area contributed by atoms with Gasteiger partial charge in [-0.1, -0.05) is 6.07 Å². The summed E-state index contributed by atoms with van der Waals surface area (Å²) in [7, 11) is 0. The third-order valence-electron chi connectivity index (χ3n) is 7.08. The Kier molecular flexibility index (Phi) is 4.98. The Hall–Kier alpha value is -3.08. The van der Waals surface area contributed by atoms with Crippen LogP contribution in [0.1, 0.15) is 44.2 Å². The molecule has 0 amide bonds. The van der Waals surface area contributed by atoms with E-state index in [0.717, 1.165) is 28.7 Å². The van der Waals surface area contributed by atoms with Gasteiger partial charge in [0.1, 0.15) is 18.0 Å². The van der Waals surface area contributed by atoms with E-state index in [9.17, 15) is 13.9 Å². The molecule has 34 heavy (non-hydrogen) atoms. The lowest BCUT2D eigenvalue weighted by Gasteiger charge is -2.74. The molecule has 11 heteroatoms. The number of benzene rings is 1. The van der Waals surface area contributed by atoms with Crippen LogP contribution in [0.5, 0.6) is 5.88 Å². The summed E-state index contributed by atoms with van der Waals surface area (Å²) in [5, 5.41) is 21.8. The number of tetrazole rings is 1. The highest BCUT2D eigenvalue weighted by Crippen LogP contribution is 2.80. The van der Waals surface area contributed by atoms with Gasteiger partial charge in [0, 0.05) is 29.3 Å². The molecule has 3 aromatic rings. The topological polar surface area (TPSA) is 86.0 Å². The monoisotopic (exact) mass is 477 g/mol. The second-order valence-corrected chi connectivity index (χ2v) is 9.71. The molecule has 0 radical (unpaired) electrons. The van der Waals surface area contributed by atoms with E-state index in [0.29, 0.717) is 11.9 Å². The lowest BCUT2D eigenvalue weighted by atomic mass is 9.30. The maximum Gasteiger partial charge on any atom is 0.287 e. The molecule has 2 heterocycles. The number of hydrogen-bond acceptors (Lipinski definition) is 6. The van der Waals surface area contributed by atoms with Crippen molar-refractivity contribution >= 4 is 0 Å². The smallest absolute Gasteiger partial charge is 0.287 e. The molecule has 3 saturated carbocycles. The van der Waals surface area contributed by atoms with Crippen LogP contribution in [0.4, 0.5) is 17.6 Å². The third kappa shape index (κ3) is 3.20. The molecule has 2 aromatic heterocycles. The molecular weight excluding hydrogens is 454 g/mol. The van der Waals surface area contributed by atoms with E-state index in [4.69, 9.17) is 4.74 Å². The van der Waals surface area contributed by atoms with Gasteiger partial charge in [-0.25, -0.2) is 27.2 Å². The van der Waals surface area contributed by atoms with Gasteiger partial charge in [-0.3, -0.25) is 0 Å². The average molecular weight is 477 g/mol. The molecular formula is C23H23F4N5O2. The van der Waals surface area contributed by atoms with Gasteiger partial charge in [0.25, 0.3) is 5.92 Å².